The molecule has 1 atom stereocenters. The Morgan fingerprint density at radius 2 is 1.88 bits per heavy atom. The maximum Gasteiger partial charge on any atom is 0.281 e. The van der Waals surface area contributed by atoms with Gasteiger partial charge in [0.25, 0.3) is 6.43 Å². The number of halogens is 5. The van der Waals surface area contributed by atoms with Crippen LogP contribution in [0.4, 0.5) is 13.2 Å². The normalized spacial score (nSPS) is 18.8. The molecule has 0 heterocycles. The van der Waals surface area contributed by atoms with Crippen molar-refractivity contribution in [1.82, 2.24) is 0 Å². The molecule has 0 saturated carbocycles. The molecule has 0 bridgehead atoms. The van der Waals surface area contributed by atoms with Gasteiger partial charge >= 0.3 is 0 Å². The molecule has 0 N–H and O–H groups in total. The number of rotatable bonds is 2. The first kappa shape index (κ1) is 9.25. The average molecular weight is 350 g/mol. The fourth-order valence-corrected chi connectivity index (χ4v) is 0.391. The molecule has 0 saturated heterocycles. The van der Waals surface area contributed by atoms with Crippen LogP contribution in [0.2, 0.25) is 0 Å². The van der Waals surface area contributed by atoms with Crippen LogP contribution in [0.3, 0.4) is 0 Å². The van der Waals surface area contributed by atoms with Gasteiger partial charge in [0, 0.05) is 4.43 Å². The van der Waals surface area contributed by atoms with Gasteiger partial charge in [0.1, 0.15) is 0 Å². The summed E-state index contributed by atoms with van der Waals surface area (Å²) < 4.78 is 32.5. The van der Waals surface area contributed by atoms with E-state index >= 15 is 0 Å². The van der Waals surface area contributed by atoms with E-state index in [1.54, 1.807) is 22.6 Å². The quantitative estimate of drug-likeness (QED) is 0.531. The van der Waals surface area contributed by atoms with Gasteiger partial charge in [0.2, 0.25) is 3.68 Å². The molecule has 0 radical (unpaired) electrons. The lowest BCUT2D eigenvalue weighted by molar-refractivity contribution is 0.0538. The van der Waals surface area contributed by atoms with Crippen molar-refractivity contribution in [2.75, 3.05) is 4.43 Å². The summed E-state index contributed by atoms with van der Waals surface area (Å²) >= 11 is 2.69. The Morgan fingerprint density at radius 3 is 1.88 bits per heavy atom. The zero-order chi connectivity index (χ0) is 6.78. The highest BCUT2D eigenvalue weighted by molar-refractivity contribution is 14.1. The molecule has 0 spiro atoms. The van der Waals surface area contributed by atoms with Crippen LogP contribution in [-0.2, 0) is 0 Å². The molecule has 50 valence electrons. The summed E-state index contributed by atoms with van der Waals surface area (Å²) in [5, 5.41) is 0. The summed E-state index contributed by atoms with van der Waals surface area (Å²) in [4.78, 5) is 0. The van der Waals surface area contributed by atoms with E-state index < -0.39 is 10.1 Å². The summed E-state index contributed by atoms with van der Waals surface area (Å²) in [7, 11) is 0. The van der Waals surface area contributed by atoms with Crippen molar-refractivity contribution in [3.8, 4) is 0 Å². The van der Waals surface area contributed by atoms with Gasteiger partial charge in [-0.25, -0.2) is 13.2 Å². The molecule has 0 rings (SSSR count). The third-order valence-corrected chi connectivity index (χ3v) is 3.92. The Labute approximate surface area is 72.5 Å². The first-order valence-electron chi connectivity index (χ1n) is 1.72. The second kappa shape index (κ2) is 3.43. The van der Waals surface area contributed by atoms with Crippen LogP contribution in [0.5, 0.6) is 0 Å². The van der Waals surface area contributed by atoms with Gasteiger partial charge in [-0.15, -0.1) is 0 Å². The van der Waals surface area contributed by atoms with Gasteiger partial charge in [0.05, 0.1) is 0 Å². The fraction of sp³-hybridized carbons (Fsp3) is 1.00. The Hall–Kier alpha value is 1.25. The van der Waals surface area contributed by atoms with Crippen LogP contribution in [-0.4, -0.2) is 14.5 Å². The van der Waals surface area contributed by atoms with Crippen molar-refractivity contribution >= 4 is 45.2 Å². The topological polar surface area (TPSA) is 0 Å². The second-order valence-corrected chi connectivity index (χ2v) is 3.75. The minimum atomic E-state index is -2.87. The van der Waals surface area contributed by atoms with Gasteiger partial charge in [-0.2, -0.15) is 0 Å². The first-order chi connectivity index (χ1) is 3.50. The molecule has 0 amide bonds. The van der Waals surface area contributed by atoms with E-state index in [0.717, 1.165) is 22.6 Å². The minimum Gasteiger partial charge on any atom is -0.225 e. The van der Waals surface area contributed by atoms with Gasteiger partial charge in [-0.1, -0.05) is 22.6 Å². The van der Waals surface area contributed by atoms with E-state index in [1.165, 1.54) is 0 Å². The smallest absolute Gasteiger partial charge is 0.225 e. The maximum absolute atomic E-state index is 12.2. The van der Waals surface area contributed by atoms with E-state index in [-0.39, 0.29) is 4.43 Å². The highest BCUT2D eigenvalue weighted by Gasteiger charge is 2.35. The van der Waals surface area contributed by atoms with E-state index in [1.807, 2.05) is 0 Å². The Bertz CT molecular complexity index is 72.9. The third kappa shape index (κ3) is 2.70. The lowest BCUT2D eigenvalue weighted by atomic mass is 10.5. The molecule has 0 aromatic carbocycles. The van der Waals surface area contributed by atoms with E-state index in [2.05, 4.69) is 0 Å². The van der Waals surface area contributed by atoms with Crippen molar-refractivity contribution in [2.24, 2.45) is 0 Å². The number of hydrogen-bond acceptors (Lipinski definition) is 0. The SMILES string of the molecule is FC(F)C(F)(I)CI. The molecule has 0 aliphatic rings. The molecule has 8 heavy (non-hydrogen) atoms. The minimum absolute atomic E-state index is 0.178. The molecular formula is C3H3F3I2. The molecule has 0 fully saturated rings. The molecule has 0 aliphatic heterocycles. The van der Waals surface area contributed by atoms with Crippen LogP contribution in [0.1, 0.15) is 0 Å². The van der Waals surface area contributed by atoms with Crippen molar-refractivity contribution in [2.45, 2.75) is 10.1 Å². The van der Waals surface area contributed by atoms with Crippen molar-refractivity contribution in [1.29, 1.82) is 0 Å². The van der Waals surface area contributed by atoms with E-state index in [9.17, 15) is 13.2 Å². The zero-order valence-corrected chi connectivity index (χ0v) is 7.99. The monoisotopic (exact) mass is 350 g/mol. The highest BCUT2D eigenvalue weighted by atomic mass is 127. The van der Waals surface area contributed by atoms with Gasteiger partial charge in [-0.05, 0) is 22.6 Å². The van der Waals surface area contributed by atoms with E-state index in [4.69, 9.17) is 0 Å². The molecule has 0 aromatic heterocycles. The van der Waals surface area contributed by atoms with Gasteiger partial charge < -0.3 is 0 Å². The Balaban J connectivity index is 3.71. The summed E-state index contributed by atoms with van der Waals surface area (Å²) in [6.07, 6.45) is -2.87. The lowest BCUT2D eigenvalue weighted by Gasteiger charge is -2.12. The largest absolute Gasteiger partial charge is 0.281 e. The fourth-order valence-electron chi connectivity index (χ4n) is 0.0583. The van der Waals surface area contributed by atoms with E-state index in [0.29, 0.717) is 0 Å². The lowest BCUT2D eigenvalue weighted by Crippen LogP contribution is -2.25. The van der Waals surface area contributed by atoms with Crippen molar-refractivity contribution in [3.05, 3.63) is 0 Å². The summed E-state index contributed by atoms with van der Waals surface area (Å²) in [6.45, 7) is 0. The molecular weight excluding hydrogens is 347 g/mol. The first-order valence-corrected chi connectivity index (χ1v) is 4.33. The highest BCUT2D eigenvalue weighted by Crippen LogP contribution is 2.30. The summed E-state index contributed by atoms with van der Waals surface area (Å²) in [6, 6.07) is 0. The molecule has 0 aromatic rings. The van der Waals surface area contributed by atoms with Gasteiger partial charge in [-0.3, -0.25) is 0 Å². The predicted octanol–water partition coefficient (Wildman–Crippen LogP) is 2.79. The molecule has 0 nitrogen and oxygen atoms in total. The summed E-state index contributed by atoms with van der Waals surface area (Å²) in [5.41, 5.74) is 0. The van der Waals surface area contributed by atoms with Crippen molar-refractivity contribution < 1.29 is 13.2 Å². The zero-order valence-electron chi connectivity index (χ0n) is 3.67. The molecule has 0 aliphatic carbocycles. The van der Waals surface area contributed by atoms with Crippen LogP contribution in [0.25, 0.3) is 0 Å². The standard InChI is InChI=1S/C3H3F3I2/c4-2(5)3(6,8)1-7/h2H,1H2. The third-order valence-electron chi connectivity index (χ3n) is 0.497. The molecule has 1 unspecified atom stereocenters. The van der Waals surface area contributed by atoms with Crippen LogP contribution >= 0.6 is 45.2 Å². The number of alkyl halides is 5. The Kier molecular flexibility index (Phi) is 3.96. The van der Waals surface area contributed by atoms with Gasteiger partial charge in [0.15, 0.2) is 0 Å². The summed E-state index contributed by atoms with van der Waals surface area (Å²) in [5.74, 6) is 0. The predicted molar refractivity (Wildman–Crippen MR) is 42.8 cm³/mol. The average Bonchev–Trinajstić information content (AvgIpc) is 1.67. The number of hydrogen-bond donors (Lipinski definition) is 0. The van der Waals surface area contributed by atoms with Crippen LogP contribution in [0.15, 0.2) is 0 Å². The second-order valence-electron chi connectivity index (χ2n) is 1.20. The maximum atomic E-state index is 12.2. The van der Waals surface area contributed by atoms with Crippen LogP contribution in [0, 0.1) is 0 Å². The van der Waals surface area contributed by atoms with Crippen molar-refractivity contribution in [3.63, 3.8) is 0 Å². The Morgan fingerprint density at radius 1 is 1.50 bits per heavy atom. The van der Waals surface area contributed by atoms with Crippen LogP contribution < -0.4 is 0 Å². The molecule has 5 heteroatoms.